The number of hydrogen-bond donors (Lipinski definition) is 1. The Bertz CT molecular complexity index is 725. The van der Waals surface area contributed by atoms with Crippen molar-refractivity contribution in [2.24, 2.45) is 0 Å². The lowest BCUT2D eigenvalue weighted by Gasteiger charge is -2.03. The second-order valence-electron chi connectivity index (χ2n) is 3.79. The molecule has 0 fully saturated rings. The molecule has 0 bridgehead atoms. The van der Waals surface area contributed by atoms with Crippen LogP contribution >= 0.6 is 0 Å². The Morgan fingerprint density at radius 2 is 2.05 bits per heavy atom. The topological polar surface area (TPSA) is 111 Å². The van der Waals surface area contributed by atoms with Gasteiger partial charge in [0.05, 0.1) is 16.7 Å². The fourth-order valence-electron chi connectivity index (χ4n) is 1.47. The lowest BCUT2D eigenvalue weighted by molar-refractivity contribution is -0.385. The molecule has 110 valence electrons. The van der Waals surface area contributed by atoms with Gasteiger partial charge in [-0.25, -0.2) is 14.5 Å². The van der Waals surface area contributed by atoms with E-state index in [1.54, 1.807) is 0 Å². The number of nitrogens with zero attached hydrogens (tertiary/aromatic N) is 4. The summed E-state index contributed by atoms with van der Waals surface area (Å²) in [6.07, 6.45) is -2.84. The molecule has 0 radical (unpaired) electrons. The Balaban J connectivity index is 2.51. The second kappa shape index (κ2) is 4.85. The molecule has 0 saturated carbocycles. The summed E-state index contributed by atoms with van der Waals surface area (Å²) in [6.45, 7) is 0. The van der Waals surface area contributed by atoms with E-state index in [9.17, 15) is 28.1 Å². The number of aromatic carboxylic acids is 1. The highest BCUT2D eigenvalue weighted by molar-refractivity contribution is 5.92. The predicted octanol–water partition coefficient (Wildman–Crippen LogP) is 1.89. The van der Waals surface area contributed by atoms with Gasteiger partial charge < -0.3 is 5.11 Å². The van der Waals surface area contributed by atoms with Gasteiger partial charge in [-0.1, -0.05) is 0 Å². The highest BCUT2D eigenvalue weighted by Gasteiger charge is 2.32. The molecule has 2 aromatic heterocycles. The maximum atomic E-state index is 12.4. The van der Waals surface area contributed by atoms with Crippen molar-refractivity contribution in [3.8, 4) is 5.82 Å². The molecular formula is C10H5F3N4O4. The van der Waals surface area contributed by atoms with Gasteiger partial charge >= 0.3 is 17.8 Å². The average molecular weight is 302 g/mol. The Morgan fingerprint density at radius 3 is 2.52 bits per heavy atom. The van der Waals surface area contributed by atoms with Crippen LogP contribution < -0.4 is 0 Å². The highest BCUT2D eigenvalue weighted by Crippen LogP contribution is 2.29. The first-order valence-electron chi connectivity index (χ1n) is 5.20. The molecule has 8 nitrogen and oxygen atoms in total. The van der Waals surface area contributed by atoms with Gasteiger partial charge in [0.15, 0.2) is 5.82 Å². The molecule has 2 rings (SSSR count). The quantitative estimate of drug-likeness (QED) is 0.684. The van der Waals surface area contributed by atoms with Crippen molar-refractivity contribution in [3.05, 3.63) is 45.9 Å². The summed E-state index contributed by atoms with van der Waals surface area (Å²) in [5.41, 5.74) is -2.52. The third kappa shape index (κ3) is 2.80. The van der Waals surface area contributed by atoms with Gasteiger partial charge in [0.2, 0.25) is 0 Å². The van der Waals surface area contributed by atoms with E-state index >= 15 is 0 Å². The van der Waals surface area contributed by atoms with Crippen molar-refractivity contribution >= 4 is 11.7 Å². The number of carboxylic acids is 1. The van der Waals surface area contributed by atoms with Crippen molar-refractivity contribution in [1.82, 2.24) is 14.8 Å². The summed E-state index contributed by atoms with van der Waals surface area (Å²) < 4.78 is 38.0. The molecular weight excluding hydrogens is 297 g/mol. The smallest absolute Gasteiger partial charge is 0.419 e. The third-order valence-electron chi connectivity index (χ3n) is 2.44. The van der Waals surface area contributed by atoms with Gasteiger partial charge in [0.25, 0.3) is 0 Å². The predicted molar refractivity (Wildman–Crippen MR) is 60.0 cm³/mol. The monoisotopic (exact) mass is 302 g/mol. The number of nitro groups is 1. The minimum Gasteiger partial charge on any atom is -0.477 e. The first-order valence-corrected chi connectivity index (χ1v) is 5.20. The second-order valence-corrected chi connectivity index (χ2v) is 3.79. The molecule has 0 saturated heterocycles. The van der Waals surface area contributed by atoms with Gasteiger partial charge in [-0.3, -0.25) is 10.1 Å². The number of carboxylic acid groups (broad SMARTS) is 1. The molecule has 0 atom stereocenters. The van der Waals surface area contributed by atoms with Crippen molar-refractivity contribution in [2.75, 3.05) is 0 Å². The number of pyridine rings is 1. The summed E-state index contributed by atoms with van der Waals surface area (Å²) in [5, 5.41) is 22.9. The average Bonchev–Trinajstić information content (AvgIpc) is 2.87. The Labute approximate surface area is 113 Å². The van der Waals surface area contributed by atoms with Gasteiger partial charge in [0, 0.05) is 12.3 Å². The number of aromatic nitrogens is 3. The SMILES string of the molecule is O=C(O)c1cc(-n2cc(C(F)(F)F)cn2)ncc1[N+](=O)[O-]. The third-order valence-corrected chi connectivity index (χ3v) is 2.44. The largest absolute Gasteiger partial charge is 0.477 e. The normalized spacial score (nSPS) is 11.4. The Kier molecular flexibility index (Phi) is 3.33. The molecule has 2 heterocycles. The number of carbonyl (C=O) groups is 1. The number of halogens is 3. The molecule has 0 aliphatic carbocycles. The zero-order valence-corrected chi connectivity index (χ0v) is 9.90. The van der Waals surface area contributed by atoms with Crippen LogP contribution in [-0.2, 0) is 6.18 Å². The zero-order valence-electron chi connectivity index (χ0n) is 9.90. The van der Waals surface area contributed by atoms with Crippen molar-refractivity contribution < 1.29 is 28.0 Å². The maximum Gasteiger partial charge on any atom is 0.419 e. The molecule has 0 aliphatic rings. The summed E-state index contributed by atoms with van der Waals surface area (Å²) in [4.78, 5) is 24.2. The zero-order chi connectivity index (χ0) is 15.8. The molecule has 0 aromatic carbocycles. The van der Waals surface area contributed by atoms with Crippen LogP contribution in [0.5, 0.6) is 0 Å². The van der Waals surface area contributed by atoms with Crippen molar-refractivity contribution in [1.29, 1.82) is 0 Å². The van der Waals surface area contributed by atoms with Gasteiger partial charge in [-0.05, 0) is 0 Å². The van der Waals surface area contributed by atoms with E-state index in [1.165, 1.54) is 0 Å². The van der Waals surface area contributed by atoms with Crippen LogP contribution in [0.2, 0.25) is 0 Å². The van der Waals surface area contributed by atoms with E-state index < -0.39 is 33.9 Å². The van der Waals surface area contributed by atoms with Crippen LogP contribution in [0.3, 0.4) is 0 Å². The standard InChI is InChI=1S/C10H5F3N4O4/c11-10(12,13)5-2-15-16(4-5)8-1-6(9(18)19)7(3-14-8)17(20)21/h1-4H,(H,18,19). The van der Waals surface area contributed by atoms with Crippen LogP contribution in [0.4, 0.5) is 18.9 Å². The van der Waals surface area contributed by atoms with E-state index in [2.05, 4.69) is 10.1 Å². The molecule has 0 spiro atoms. The fourth-order valence-corrected chi connectivity index (χ4v) is 1.47. The number of hydrogen-bond acceptors (Lipinski definition) is 5. The van der Waals surface area contributed by atoms with E-state index in [0.717, 1.165) is 6.07 Å². The number of alkyl halides is 3. The van der Waals surface area contributed by atoms with E-state index in [0.29, 0.717) is 23.3 Å². The van der Waals surface area contributed by atoms with Crippen molar-refractivity contribution in [3.63, 3.8) is 0 Å². The Morgan fingerprint density at radius 1 is 1.38 bits per heavy atom. The molecule has 21 heavy (non-hydrogen) atoms. The fraction of sp³-hybridized carbons (Fsp3) is 0.100. The minimum absolute atomic E-state index is 0.284. The van der Waals surface area contributed by atoms with Gasteiger partial charge in [-0.2, -0.15) is 18.3 Å². The highest BCUT2D eigenvalue weighted by atomic mass is 19.4. The first kappa shape index (κ1) is 14.4. The van der Waals surface area contributed by atoms with Crippen LogP contribution in [0.1, 0.15) is 15.9 Å². The Hall–Kier alpha value is -2.98. The summed E-state index contributed by atoms with van der Waals surface area (Å²) >= 11 is 0. The molecule has 1 N–H and O–H groups in total. The van der Waals surface area contributed by atoms with Gasteiger partial charge in [-0.15, -0.1) is 0 Å². The van der Waals surface area contributed by atoms with Crippen LogP contribution in [0.25, 0.3) is 5.82 Å². The summed E-state index contributed by atoms with van der Waals surface area (Å²) in [5.74, 6) is -1.89. The molecule has 0 amide bonds. The number of rotatable bonds is 3. The molecule has 0 unspecified atom stereocenters. The first-order chi connectivity index (χ1) is 9.70. The molecule has 11 heteroatoms. The van der Waals surface area contributed by atoms with E-state index in [1.807, 2.05) is 0 Å². The van der Waals surface area contributed by atoms with Crippen molar-refractivity contribution in [2.45, 2.75) is 6.18 Å². The minimum atomic E-state index is -4.62. The van der Waals surface area contributed by atoms with Crippen LogP contribution in [0, 0.1) is 10.1 Å². The van der Waals surface area contributed by atoms with Crippen LogP contribution in [-0.4, -0.2) is 30.8 Å². The maximum absolute atomic E-state index is 12.4. The summed E-state index contributed by atoms with van der Waals surface area (Å²) in [7, 11) is 0. The van der Waals surface area contributed by atoms with Gasteiger partial charge in [0.1, 0.15) is 11.8 Å². The lowest BCUT2D eigenvalue weighted by atomic mass is 10.2. The summed E-state index contributed by atoms with van der Waals surface area (Å²) in [6, 6.07) is 0.771. The lowest BCUT2D eigenvalue weighted by Crippen LogP contribution is -2.07. The molecule has 2 aromatic rings. The van der Waals surface area contributed by atoms with Crippen LogP contribution in [0.15, 0.2) is 24.7 Å². The van der Waals surface area contributed by atoms with E-state index in [-0.39, 0.29) is 5.82 Å². The molecule has 0 aliphatic heterocycles. The van der Waals surface area contributed by atoms with E-state index in [4.69, 9.17) is 5.11 Å².